The summed E-state index contributed by atoms with van der Waals surface area (Å²) < 4.78 is 0. The quantitative estimate of drug-likeness (QED) is 0.504. The largest absolute Gasteiger partial charge is 0.478 e. The van der Waals surface area contributed by atoms with Crippen LogP contribution in [-0.4, -0.2) is 16.9 Å². The second-order valence-electron chi connectivity index (χ2n) is 4.35. The zero-order valence-electron chi connectivity index (χ0n) is 11.2. The molecular weight excluding hydrogens is 290 g/mol. The summed E-state index contributed by atoms with van der Waals surface area (Å²) in [6, 6.07) is 14.0. The fraction of sp³-hybridized carbons (Fsp3) is 0.0667. The summed E-state index contributed by atoms with van der Waals surface area (Å²) in [4.78, 5) is 10.7. The Kier molecular flexibility index (Phi) is 5.75. The van der Waals surface area contributed by atoms with Crippen molar-refractivity contribution in [1.82, 2.24) is 0 Å². The van der Waals surface area contributed by atoms with Crippen molar-refractivity contribution in [3.63, 3.8) is 0 Å². The first kappa shape index (κ1) is 16.5. The third kappa shape index (κ3) is 4.50. The number of nitrogens with two attached hydrogens (primary N) is 1. The highest BCUT2D eigenvalue weighted by Crippen LogP contribution is 2.11. The number of carboxylic acids is 1. The summed E-state index contributed by atoms with van der Waals surface area (Å²) in [5.41, 5.74) is 8.25. The Balaban J connectivity index is 0.00000220. The van der Waals surface area contributed by atoms with Crippen LogP contribution < -0.4 is 11.1 Å². The van der Waals surface area contributed by atoms with Crippen LogP contribution in [0, 0.1) is 5.41 Å². The first-order chi connectivity index (χ1) is 9.56. The standard InChI is InChI=1S/C15H15N3O2.ClH/c16-14(17)11-5-7-13(8-6-11)18-9-10-1-3-12(4-2-10)15(19)20;/h1-8,18H,9H2,(H3,16,17)(H,19,20);1H. The summed E-state index contributed by atoms with van der Waals surface area (Å²) in [6.07, 6.45) is 0. The number of carboxylic acid groups (broad SMARTS) is 1. The van der Waals surface area contributed by atoms with E-state index in [0.29, 0.717) is 12.1 Å². The number of rotatable bonds is 5. The molecule has 6 heteroatoms. The van der Waals surface area contributed by atoms with Crippen LogP contribution in [0.5, 0.6) is 0 Å². The van der Waals surface area contributed by atoms with Gasteiger partial charge < -0.3 is 16.2 Å². The zero-order valence-corrected chi connectivity index (χ0v) is 12.0. The number of benzene rings is 2. The van der Waals surface area contributed by atoms with Gasteiger partial charge in [-0.2, -0.15) is 0 Å². The number of hydrogen-bond acceptors (Lipinski definition) is 3. The van der Waals surface area contributed by atoms with Crippen LogP contribution in [0.1, 0.15) is 21.5 Å². The molecule has 0 fully saturated rings. The Morgan fingerprint density at radius 3 is 2.05 bits per heavy atom. The summed E-state index contributed by atoms with van der Waals surface area (Å²) in [6.45, 7) is 0.597. The lowest BCUT2D eigenvalue weighted by molar-refractivity contribution is 0.0697. The number of aromatic carboxylic acids is 1. The SMILES string of the molecule is Cl.N=C(N)c1ccc(NCc2ccc(C(=O)O)cc2)cc1. The van der Waals surface area contributed by atoms with Gasteiger partial charge in [-0.25, -0.2) is 4.79 Å². The molecule has 0 aromatic heterocycles. The highest BCUT2D eigenvalue weighted by molar-refractivity contribution is 5.95. The van der Waals surface area contributed by atoms with Gasteiger partial charge in [-0.1, -0.05) is 12.1 Å². The van der Waals surface area contributed by atoms with Crippen molar-refractivity contribution in [2.75, 3.05) is 5.32 Å². The van der Waals surface area contributed by atoms with Gasteiger partial charge in [-0.3, -0.25) is 5.41 Å². The Hall–Kier alpha value is -2.53. The number of hydrogen-bond donors (Lipinski definition) is 4. The molecular formula is C15H16ClN3O2. The van der Waals surface area contributed by atoms with E-state index in [1.54, 1.807) is 36.4 Å². The van der Waals surface area contributed by atoms with Gasteiger partial charge in [0.05, 0.1) is 5.56 Å². The molecule has 0 radical (unpaired) electrons. The van der Waals surface area contributed by atoms with Gasteiger partial charge in [0.2, 0.25) is 0 Å². The van der Waals surface area contributed by atoms with Gasteiger partial charge >= 0.3 is 5.97 Å². The average molecular weight is 306 g/mol. The lowest BCUT2D eigenvalue weighted by atomic mass is 10.1. The maximum absolute atomic E-state index is 10.7. The Morgan fingerprint density at radius 1 is 1.05 bits per heavy atom. The van der Waals surface area contributed by atoms with Crippen molar-refractivity contribution in [3.8, 4) is 0 Å². The molecule has 0 atom stereocenters. The summed E-state index contributed by atoms with van der Waals surface area (Å²) >= 11 is 0. The third-order valence-corrected chi connectivity index (χ3v) is 2.89. The predicted molar refractivity (Wildman–Crippen MR) is 85.4 cm³/mol. The summed E-state index contributed by atoms with van der Waals surface area (Å²) in [7, 11) is 0. The van der Waals surface area contributed by atoms with Crippen molar-refractivity contribution in [1.29, 1.82) is 5.41 Å². The minimum atomic E-state index is -0.927. The normalized spacial score (nSPS) is 9.52. The lowest BCUT2D eigenvalue weighted by Gasteiger charge is -2.07. The van der Waals surface area contributed by atoms with E-state index in [2.05, 4.69) is 5.32 Å². The Bertz CT molecular complexity index is 567. The van der Waals surface area contributed by atoms with Gasteiger partial charge in [0, 0.05) is 17.8 Å². The van der Waals surface area contributed by atoms with Crippen LogP contribution in [0.3, 0.4) is 0 Å². The van der Waals surface area contributed by atoms with Crippen LogP contribution in [0.25, 0.3) is 0 Å². The van der Waals surface area contributed by atoms with Gasteiger partial charge in [0.15, 0.2) is 0 Å². The third-order valence-electron chi connectivity index (χ3n) is 2.89. The van der Waals surface area contributed by atoms with Crippen molar-refractivity contribution in [3.05, 3.63) is 65.2 Å². The molecule has 0 amide bonds. The molecule has 110 valence electrons. The number of anilines is 1. The molecule has 5 nitrogen and oxygen atoms in total. The zero-order chi connectivity index (χ0) is 14.5. The molecule has 21 heavy (non-hydrogen) atoms. The Labute approximate surface area is 128 Å². The number of halogens is 1. The molecule has 2 rings (SSSR count). The van der Waals surface area contributed by atoms with Crippen LogP contribution in [0.4, 0.5) is 5.69 Å². The molecule has 0 aliphatic rings. The minimum Gasteiger partial charge on any atom is -0.478 e. The molecule has 0 aliphatic carbocycles. The fourth-order valence-corrected chi connectivity index (χ4v) is 1.74. The first-order valence-corrected chi connectivity index (χ1v) is 6.07. The highest BCUT2D eigenvalue weighted by Gasteiger charge is 2.02. The van der Waals surface area contributed by atoms with E-state index in [-0.39, 0.29) is 23.8 Å². The second-order valence-corrected chi connectivity index (χ2v) is 4.35. The summed E-state index contributed by atoms with van der Waals surface area (Å²) in [5.74, 6) is -0.884. The molecule has 0 heterocycles. The maximum Gasteiger partial charge on any atom is 0.335 e. The molecule has 0 bridgehead atoms. The van der Waals surface area contributed by atoms with Gasteiger partial charge in [-0.05, 0) is 42.0 Å². The van der Waals surface area contributed by atoms with Gasteiger partial charge in [0.1, 0.15) is 5.84 Å². The van der Waals surface area contributed by atoms with E-state index in [1.807, 2.05) is 12.1 Å². The number of amidine groups is 1. The molecule has 0 saturated heterocycles. The van der Waals surface area contributed by atoms with Crippen molar-refractivity contribution >= 4 is 29.9 Å². The van der Waals surface area contributed by atoms with Crippen LogP contribution in [0.2, 0.25) is 0 Å². The van der Waals surface area contributed by atoms with Crippen molar-refractivity contribution in [2.45, 2.75) is 6.54 Å². The topological polar surface area (TPSA) is 99.2 Å². The molecule has 0 unspecified atom stereocenters. The lowest BCUT2D eigenvalue weighted by Crippen LogP contribution is -2.10. The molecule has 0 spiro atoms. The average Bonchev–Trinajstić information content (AvgIpc) is 2.46. The van der Waals surface area contributed by atoms with Crippen LogP contribution >= 0.6 is 12.4 Å². The van der Waals surface area contributed by atoms with Crippen molar-refractivity contribution in [2.24, 2.45) is 5.73 Å². The predicted octanol–water partition coefficient (Wildman–Crippen LogP) is 2.70. The van der Waals surface area contributed by atoms with Crippen molar-refractivity contribution < 1.29 is 9.90 Å². The minimum absolute atomic E-state index is 0. The molecule has 0 aliphatic heterocycles. The fourth-order valence-electron chi connectivity index (χ4n) is 1.74. The van der Waals surface area contributed by atoms with E-state index < -0.39 is 5.97 Å². The number of carbonyl (C=O) groups is 1. The Morgan fingerprint density at radius 2 is 1.57 bits per heavy atom. The van der Waals surface area contributed by atoms with Crippen LogP contribution in [-0.2, 0) is 6.54 Å². The number of nitrogen functional groups attached to an aromatic ring is 1. The maximum atomic E-state index is 10.7. The van der Waals surface area contributed by atoms with E-state index >= 15 is 0 Å². The first-order valence-electron chi connectivity index (χ1n) is 6.07. The molecule has 2 aromatic rings. The highest BCUT2D eigenvalue weighted by atomic mass is 35.5. The molecule has 0 saturated carbocycles. The molecule has 5 N–H and O–H groups in total. The molecule has 2 aromatic carbocycles. The smallest absolute Gasteiger partial charge is 0.335 e. The van der Waals surface area contributed by atoms with Crippen LogP contribution in [0.15, 0.2) is 48.5 Å². The van der Waals surface area contributed by atoms with Gasteiger partial charge in [0.25, 0.3) is 0 Å². The van der Waals surface area contributed by atoms with E-state index in [1.165, 1.54) is 0 Å². The van der Waals surface area contributed by atoms with Gasteiger partial charge in [-0.15, -0.1) is 12.4 Å². The summed E-state index contributed by atoms with van der Waals surface area (Å²) in [5, 5.41) is 19.3. The second kappa shape index (κ2) is 7.31. The van der Waals surface area contributed by atoms with E-state index in [9.17, 15) is 4.79 Å². The van der Waals surface area contributed by atoms with E-state index in [0.717, 1.165) is 11.3 Å². The van der Waals surface area contributed by atoms with E-state index in [4.69, 9.17) is 16.2 Å². The monoisotopic (exact) mass is 305 g/mol. The number of nitrogens with one attached hydrogen (secondary N) is 2.